The van der Waals surface area contributed by atoms with E-state index in [0.29, 0.717) is 11.1 Å². The van der Waals surface area contributed by atoms with Crippen LogP contribution in [0.5, 0.6) is 0 Å². The Morgan fingerprint density at radius 1 is 1.11 bits per heavy atom. The molecule has 0 fully saturated rings. The number of ketones is 1. The number of rotatable bonds is 4. The van der Waals surface area contributed by atoms with Gasteiger partial charge in [-0.2, -0.15) is 5.26 Å². The molecule has 3 heteroatoms. The second-order valence-corrected chi connectivity index (χ2v) is 4.23. The molecule has 1 unspecified atom stereocenters. The van der Waals surface area contributed by atoms with Crippen molar-refractivity contribution in [3.8, 4) is 6.07 Å². The molecule has 0 spiro atoms. The first-order chi connectivity index (χ1) is 9.20. The fourth-order valence-electron chi connectivity index (χ4n) is 1.86. The summed E-state index contributed by atoms with van der Waals surface area (Å²) in [7, 11) is 0. The van der Waals surface area contributed by atoms with Crippen LogP contribution in [0, 0.1) is 17.1 Å². The predicted octanol–water partition coefficient (Wildman–Crippen LogP) is 3.71. The van der Waals surface area contributed by atoms with E-state index in [0.717, 1.165) is 0 Å². The standard InChI is InChI=1S/C16H12FNO/c17-15-8-6-12(7-9-15)14(11-18)10-16(19)13-4-2-1-3-5-13/h1-9,14H,10H2. The van der Waals surface area contributed by atoms with Crippen LogP contribution >= 0.6 is 0 Å². The van der Waals surface area contributed by atoms with Gasteiger partial charge in [-0.05, 0) is 17.7 Å². The maximum absolute atomic E-state index is 12.8. The van der Waals surface area contributed by atoms with Gasteiger partial charge in [0.05, 0.1) is 12.0 Å². The molecule has 0 saturated carbocycles. The third-order valence-corrected chi connectivity index (χ3v) is 2.91. The van der Waals surface area contributed by atoms with E-state index in [-0.39, 0.29) is 18.0 Å². The van der Waals surface area contributed by atoms with Gasteiger partial charge in [-0.25, -0.2) is 4.39 Å². The molecule has 0 saturated heterocycles. The highest BCUT2D eigenvalue weighted by Crippen LogP contribution is 2.21. The molecule has 19 heavy (non-hydrogen) atoms. The zero-order valence-electron chi connectivity index (χ0n) is 10.2. The number of benzene rings is 2. The van der Waals surface area contributed by atoms with Gasteiger partial charge in [0.25, 0.3) is 0 Å². The molecule has 0 N–H and O–H groups in total. The van der Waals surface area contributed by atoms with Crippen molar-refractivity contribution < 1.29 is 9.18 Å². The van der Waals surface area contributed by atoms with Crippen LogP contribution in [0.2, 0.25) is 0 Å². The van der Waals surface area contributed by atoms with Crippen LogP contribution in [0.3, 0.4) is 0 Å². The number of carbonyl (C=O) groups excluding carboxylic acids is 1. The number of nitriles is 1. The first-order valence-electron chi connectivity index (χ1n) is 5.94. The lowest BCUT2D eigenvalue weighted by Crippen LogP contribution is -2.06. The number of hydrogen-bond acceptors (Lipinski definition) is 2. The molecule has 0 heterocycles. The molecule has 0 bridgehead atoms. The molecule has 94 valence electrons. The van der Waals surface area contributed by atoms with Crippen molar-refractivity contribution in [3.63, 3.8) is 0 Å². The highest BCUT2D eigenvalue weighted by Gasteiger charge is 2.16. The van der Waals surface area contributed by atoms with E-state index < -0.39 is 5.92 Å². The Morgan fingerprint density at radius 2 is 1.74 bits per heavy atom. The first kappa shape index (κ1) is 13.0. The minimum atomic E-state index is -0.548. The summed E-state index contributed by atoms with van der Waals surface area (Å²) in [6, 6.07) is 16.6. The van der Waals surface area contributed by atoms with Gasteiger partial charge >= 0.3 is 0 Å². The van der Waals surface area contributed by atoms with Crippen LogP contribution in [0.25, 0.3) is 0 Å². The maximum atomic E-state index is 12.8. The summed E-state index contributed by atoms with van der Waals surface area (Å²) in [5.41, 5.74) is 1.25. The molecular formula is C16H12FNO. The van der Waals surface area contributed by atoms with Gasteiger partial charge in [0.15, 0.2) is 5.78 Å². The number of carbonyl (C=O) groups is 1. The van der Waals surface area contributed by atoms with E-state index in [1.165, 1.54) is 12.1 Å². The molecule has 0 aromatic heterocycles. The van der Waals surface area contributed by atoms with Crippen molar-refractivity contribution in [2.75, 3.05) is 0 Å². The zero-order valence-corrected chi connectivity index (χ0v) is 10.2. The molecule has 2 aromatic carbocycles. The highest BCUT2D eigenvalue weighted by molar-refractivity contribution is 5.96. The third kappa shape index (κ3) is 3.26. The van der Waals surface area contributed by atoms with Crippen LogP contribution in [0.1, 0.15) is 28.3 Å². The summed E-state index contributed by atoms with van der Waals surface area (Å²) in [4.78, 5) is 12.0. The van der Waals surface area contributed by atoms with Crippen molar-refractivity contribution in [2.24, 2.45) is 0 Å². The molecule has 0 radical (unpaired) electrons. The summed E-state index contributed by atoms with van der Waals surface area (Å²) < 4.78 is 12.8. The molecule has 2 rings (SSSR count). The van der Waals surface area contributed by atoms with Crippen molar-refractivity contribution in [1.29, 1.82) is 5.26 Å². The molecule has 0 aliphatic carbocycles. The normalized spacial score (nSPS) is 11.6. The van der Waals surface area contributed by atoms with E-state index in [2.05, 4.69) is 6.07 Å². The fourth-order valence-corrected chi connectivity index (χ4v) is 1.86. The number of Topliss-reactive ketones (excluding diaryl/α,β-unsaturated/α-hetero) is 1. The average Bonchev–Trinajstić information content (AvgIpc) is 2.46. The Labute approximate surface area is 111 Å². The second kappa shape index (κ2) is 5.92. The Bertz CT molecular complexity index is 599. The third-order valence-electron chi connectivity index (χ3n) is 2.91. The lowest BCUT2D eigenvalue weighted by molar-refractivity contribution is 0.0979. The summed E-state index contributed by atoms with van der Waals surface area (Å²) in [6.45, 7) is 0. The summed E-state index contributed by atoms with van der Waals surface area (Å²) in [5.74, 6) is -0.986. The maximum Gasteiger partial charge on any atom is 0.164 e. The summed E-state index contributed by atoms with van der Waals surface area (Å²) in [5, 5.41) is 9.15. The topological polar surface area (TPSA) is 40.9 Å². The van der Waals surface area contributed by atoms with Crippen LogP contribution < -0.4 is 0 Å². The van der Waals surface area contributed by atoms with Gasteiger partial charge < -0.3 is 0 Å². The molecular weight excluding hydrogens is 241 g/mol. The number of halogens is 1. The smallest absolute Gasteiger partial charge is 0.164 e. The summed E-state index contributed by atoms with van der Waals surface area (Å²) in [6.07, 6.45) is 0.103. The molecule has 0 aliphatic rings. The van der Waals surface area contributed by atoms with Crippen LogP contribution in [-0.4, -0.2) is 5.78 Å². The van der Waals surface area contributed by atoms with E-state index >= 15 is 0 Å². The zero-order chi connectivity index (χ0) is 13.7. The van der Waals surface area contributed by atoms with Crippen LogP contribution in [0.15, 0.2) is 54.6 Å². The van der Waals surface area contributed by atoms with E-state index in [1.54, 1.807) is 36.4 Å². The quantitative estimate of drug-likeness (QED) is 0.779. The first-order valence-corrected chi connectivity index (χ1v) is 5.94. The van der Waals surface area contributed by atoms with Gasteiger partial charge in [-0.3, -0.25) is 4.79 Å². The monoisotopic (exact) mass is 253 g/mol. The molecule has 2 nitrogen and oxygen atoms in total. The SMILES string of the molecule is N#CC(CC(=O)c1ccccc1)c1ccc(F)cc1. The van der Waals surface area contributed by atoms with Crippen molar-refractivity contribution >= 4 is 5.78 Å². The Kier molecular flexibility index (Phi) is 4.04. The lowest BCUT2D eigenvalue weighted by atomic mass is 9.93. The van der Waals surface area contributed by atoms with E-state index in [9.17, 15) is 9.18 Å². The van der Waals surface area contributed by atoms with Gasteiger partial charge in [-0.15, -0.1) is 0 Å². The van der Waals surface area contributed by atoms with Gasteiger partial charge in [0.2, 0.25) is 0 Å². The second-order valence-electron chi connectivity index (χ2n) is 4.23. The lowest BCUT2D eigenvalue weighted by Gasteiger charge is -2.08. The Balaban J connectivity index is 2.14. The van der Waals surface area contributed by atoms with Gasteiger partial charge in [-0.1, -0.05) is 42.5 Å². The molecule has 0 aliphatic heterocycles. The number of nitrogens with zero attached hydrogens (tertiary/aromatic N) is 1. The fraction of sp³-hybridized carbons (Fsp3) is 0.125. The molecule has 1 atom stereocenters. The Morgan fingerprint density at radius 3 is 2.32 bits per heavy atom. The van der Waals surface area contributed by atoms with Crippen LogP contribution in [-0.2, 0) is 0 Å². The van der Waals surface area contributed by atoms with Crippen molar-refractivity contribution in [3.05, 3.63) is 71.5 Å². The number of hydrogen-bond donors (Lipinski definition) is 0. The largest absolute Gasteiger partial charge is 0.294 e. The van der Waals surface area contributed by atoms with Crippen molar-refractivity contribution in [2.45, 2.75) is 12.3 Å². The van der Waals surface area contributed by atoms with Crippen LogP contribution in [0.4, 0.5) is 4.39 Å². The average molecular weight is 253 g/mol. The highest BCUT2D eigenvalue weighted by atomic mass is 19.1. The van der Waals surface area contributed by atoms with Crippen molar-refractivity contribution in [1.82, 2.24) is 0 Å². The minimum Gasteiger partial charge on any atom is -0.294 e. The molecule has 0 amide bonds. The summed E-state index contributed by atoms with van der Waals surface area (Å²) >= 11 is 0. The van der Waals surface area contributed by atoms with Gasteiger partial charge in [0, 0.05) is 12.0 Å². The van der Waals surface area contributed by atoms with Gasteiger partial charge in [0.1, 0.15) is 5.82 Å². The Hall–Kier alpha value is -2.47. The predicted molar refractivity (Wildman–Crippen MR) is 70.1 cm³/mol. The minimum absolute atomic E-state index is 0.0866. The van der Waals surface area contributed by atoms with E-state index in [4.69, 9.17) is 5.26 Å². The molecule has 2 aromatic rings. The van der Waals surface area contributed by atoms with E-state index in [1.807, 2.05) is 6.07 Å².